The first kappa shape index (κ1) is 13.0. The summed E-state index contributed by atoms with van der Waals surface area (Å²) in [5.41, 5.74) is 0.770. The molecule has 0 amide bonds. The molecule has 1 fully saturated rings. The number of ether oxygens (including phenoxy) is 1. The average molecular weight is 276 g/mol. The van der Waals surface area contributed by atoms with Crippen LogP contribution in [0.3, 0.4) is 0 Å². The maximum Gasteiger partial charge on any atom is 0.352 e. The van der Waals surface area contributed by atoms with Gasteiger partial charge in [-0.05, 0) is 12.1 Å². The fourth-order valence-electron chi connectivity index (χ4n) is 2.41. The summed E-state index contributed by atoms with van der Waals surface area (Å²) in [5.74, 6) is -0.285. The minimum Gasteiger partial charge on any atom is -0.477 e. The molecule has 7 heteroatoms. The zero-order chi connectivity index (χ0) is 13.9. The highest BCUT2D eigenvalue weighted by Crippen LogP contribution is 2.10. The molecule has 2 aromatic heterocycles. The molecular weight excluding hydrogens is 260 g/mol. The second kappa shape index (κ2) is 5.56. The standard InChI is InChI=1S/C13H16N4O3/c18-13(19)10-2-1-3-11-14-15-12(17(10)11)4-5-16-6-8-20-9-7-16/h1-3H,4-9H2,(H,18,19). The molecule has 0 spiro atoms. The van der Waals surface area contributed by atoms with Gasteiger partial charge in [-0.2, -0.15) is 0 Å². The van der Waals surface area contributed by atoms with Crippen LogP contribution >= 0.6 is 0 Å². The van der Waals surface area contributed by atoms with E-state index < -0.39 is 5.97 Å². The highest BCUT2D eigenvalue weighted by Gasteiger charge is 2.16. The highest BCUT2D eigenvalue weighted by atomic mass is 16.5. The highest BCUT2D eigenvalue weighted by molar-refractivity contribution is 5.86. The molecule has 0 aliphatic carbocycles. The Hall–Kier alpha value is -1.99. The van der Waals surface area contributed by atoms with Gasteiger partial charge < -0.3 is 9.84 Å². The number of rotatable bonds is 4. The number of hydrogen-bond acceptors (Lipinski definition) is 5. The summed E-state index contributed by atoms with van der Waals surface area (Å²) in [4.78, 5) is 13.6. The van der Waals surface area contributed by atoms with Crippen LogP contribution in [0, 0.1) is 0 Å². The predicted molar refractivity (Wildman–Crippen MR) is 70.9 cm³/mol. The van der Waals surface area contributed by atoms with Crippen molar-refractivity contribution >= 4 is 11.6 Å². The quantitative estimate of drug-likeness (QED) is 0.865. The van der Waals surface area contributed by atoms with E-state index in [0.29, 0.717) is 17.9 Å². The van der Waals surface area contributed by atoms with Gasteiger partial charge in [-0.3, -0.25) is 9.30 Å². The van der Waals surface area contributed by atoms with Crippen LogP contribution in [0.5, 0.6) is 0 Å². The van der Waals surface area contributed by atoms with Crippen LogP contribution in [-0.4, -0.2) is 63.4 Å². The average Bonchev–Trinajstić information content (AvgIpc) is 2.89. The number of morpholine rings is 1. The van der Waals surface area contributed by atoms with Crippen molar-refractivity contribution in [3.8, 4) is 0 Å². The van der Waals surface area contributed by atoms with Crippen LogP contribution < -0.4 is 0 Å². The minimum absolute atomic E-state index is 0.199. The van der Waals surface area contributed by atoms with Gasteiger partial charge in [0.25, 0.3) is 0 Å². The Balaban J connectivity index is 1.82. The number of fused-ring (bicyclic) bond motifs is 1. The van der Waals surface area contributed by atoms with E-state index in [1.807, 2.05) is 0 Å². The fourth-order valence-corrected chi connectivity index (χ4v) is 2.41. The van der Waals surface area contributed by atoms with E-state index in [-0.39, 0.29) is 5.69 Å². The van der Waals surface area contributed by atoms with Gasteiger partial charge in [-0.25, -0.2) is 4.79 Å². The molecule has 1 saturated heterocycles. The van der Waals surface area contributed by atoms with Crippen LogP contribution in [0.4, 0.5) is 0 Å². The summed E-state index contributed by atoms with van der Waals surface area (Å²) in [6.07, 6.45) is 0.672. The molecule has 0 saturated carbocycles. The lowest BCUT2D eigenvalue weighted by molar-refractivity contribution is 0.0382. The third-order valence-corrected chi connectivity index (χ3v) is 3.47. The summed E-state index contributed by atoms with van der Waals surface area (Å²) in [6.45, 7) is 4.14. The van der Waals surface area contributed by atoms with E-state index in [9.17, 15) is 9.90 Å². The van der Waals surface area contributed by atoms with Gasteiger partial charge in [0.05, 0.1) is 13.2 Å². The molecule has 3 rings (SSSR count). The number of hydrogen-bond donors (Lipinski definition) is 1. The number of carboxylic acids is 1. The van der Waals surface area contributed by atoms with Gasteiger partial charge in [-0.15, -0.1) is 10.2 Å². The molecule has 1 aliphatic rings. The fraction of sp³-hybridized carbons (Fsp3) is 0.462. The topological polar surface area (TPSA) is 80.0 Å². The number of carbonyl (C=O) groups is 1. The van der Waals surface area contributed by atoms with Crippen LogP contribution in [-0.2, 0) is 11.2 Å². The van der Waals surface area contributed by atoms with Crippen molar-refractivity contribution < 1.29 is 14.6 Å². The maximum atomic E-state index is 11.3. The normalized spacial score (nSPS) is 16.6. The number of aromatic carboxylic acids is 1. The molecule has 106 valence electrons. The maximum absolute atomic E-state index is 11.3. The lowest BCUT2D eigenvalue weighted by Gasteiger charge is -2.26. The van der Waals surface area contributed by atoms with Crippen molar-refractivity contribution in [2.45, 2.75) is 6.42 Å². The molecule has 1 aliphatic heterocycles. The summed E-state index contributed by atoms with van der Waals surface area (Å²) < 4.78 is 6.92. The van der Waals surface area contributed by atoms with Crippen molar-refractivity contribution in [2.75, 3.05) is 32.8 Å². The summed E-state index contributed by atoms with van der Waals surface area (Å²) in [5, 5.41) is 17.4. The van der Waals surface area contributed by atoms with Crippen molar-refractivity contribution in [3.63, 3.8) is 0 Å². The summed E-state index contributed by atoms with van der Waals surface area (Å²) in [6, 6.07) is 5.01. The van der Waals surface area contributed by atoms with Gasteiger partial charge in [0, 0.05) is 26.1 Å². The molecule has 0 bridgehead atoms. The van der Waals surface area contributed by atoms with E-state index in [4.69, 9.17) is 4.74 Å². The first-order valence-electron chi connectivity index (χ1n) is 6.62. The third kappa shape index (κ3) is 2.50. The lowest BCUT2D eigenvalue weighted by atomic mass is 10.3. The summed E-state index contributed by atoms with van der Waals surface area (Å²) in [7, 11) is 0. The first-order chi connectivity index (χ1) is 9.75. The lowest BCUT2D eigenvalue weighted by Crippen LogP contribution is -2.37. The Labute approximate surface area is 115 Å². The van der Waals surface area contributed by atoms with Crippen LogP contribution in [0.15, 0.2) is 18.2 Å². The molecule has 0 radical (unpaired) electrons. The molecule has 20 heavy (non-hydrogen) atoms. The SMILES string of the molecule is O=C(O)c1cccc2nnc(CCN3CCOCC3)n12. The molecular formula is C13H16N4O3. The molecule has 7 nitrogen and oxygen atoms in total. The Kier molecular flexibility index (Phi) is 3.62. The van der Waals surface area contributed by atoms with Crippen molar-refractivity contribution in [1.82, 2.24) is 19.5 Å². The molecule has 0 aromatic carbocycles. The van der Waals surface area contributed by atoms with Crippen molar-refractivity contribution in [2.24, 2.45) is 0 Å². The number of pyridine rings is 1. The van der Waals surface area contributed by atoms with Crippen molar-refractivity contribution in [1.29, 1.82) is 0 Å². The predicted octanol–water partition coefficient (Wildman–Crippen LogP) is 0.302. The largest absolute Gasteiger partial charge is 0.477 e. The Morgan fingerprint density at radius 1 is 1.30 bits per heavy atom. The van der Waals surface area contributed by atoms with Crippen molar-refractivity contribution in [3.05, 3.63) is 29.7 Å². The van der Waals surface area contributed by atoms with E-state index in [1.165, 1.54) is 0 Å². The number of nitrogens with zero attached hydrogens (tertiary/aromatic N) is 4. The molecule has 0 unspecified atom stereocenters. The third-order valence-electron chi connectivity index (χ3n) is 3.47. The zero-order valence-corrected chi connectivity index (χ0v) is 11.0. The molecule has 1 N–H and O–H groups in total. The molecule has 2 aromatic rings. The second-order valence-corrected chi connectivity index (χ2v) is 4.73. The van der Waals surface area contributed by atoms with E-state index in [1.54, 1.807) is 22.6 Å². The molecule has 0 atom stereocenters. The van der Waals surface area contributed by atoms with Gasteiger partial charge in [0.1, 0.15) is 11.5 Å². The smallest absolute Gasteiger partial charge is 0.352 e. The van der Waals surface area contributed by atoms with E-state index in [2.05, 4.69) is 15.1 Å². The van der Waals surface area contributed by atoms with Crippen LogP contribution in [0.25, 0.3) is 5.65 Å². The van der Waals surface area contributed by atoms with Gasteiger partial charge >= 0.3 is 5.97 Å². The Morgan fingerprint density at radius 2 is 2.10 bits per heavy atom. The monoisotopic (exact) mass is 276 g/mol. The Morgan fingerprint density at radius 3 is 2.85 bits per heavy atom. The second-order valence-electron chi connectivity index (χ2n) is 4.73. The number of carboxylic acid groups (broad SMARTS) is 1. The van der Waals surface area contributed by atoms with E-state index >= 15 is 0 Å². The van der Waals surface area contributed by atoms with Gasteiger partial charge in [0.2, 0.25) is 0 Å². The van der Waals surface area contributed by atoms with Gasteiger partial charge in [-0.1, -0.05) is 6.07 Å². The molecule has 3 heterocycles. The zero-order valence-electron chi connectivity index (χ0n) is 11.0. The van der Waals surface area contributed by atoms with Crippen LogP contribution in [0.1, 0.15) is 16.3 Å². The number of aromatic nitrogens is 3. The van der Waals surface area contributed by atoms with Crippen LogP contribution in [0.2, 0.25) is 0 Å². The summed E-state index contributed by atoms with van der Waals surface area (Å²) >= 11 is 0. The minimum atomic E-state index is -0.969. The first-order valence-corrected chi connectivity index (χ1v) is 6.62. The van der Waals surface area contributed by atoms with Gasteiger partial charge in [0.15, 0.2) is 5.65 Å². The Bertz CT molecular complexity index is 619. The van der Waals surface area contributed by atoms with E-state index in [0.717, 1.165) is 32.8 Å².